The summed E-state index contributed by atoms with van der Waals surface area (Å²) in [5.41, 5.74) is 1.03. The molecule has 0 spiro atoms. The van der Waals surface area contributed by atoms with Crippen LogP contribution >= 0.6 is 0 Å². The molecule has 0 bridgehead atoms. The van der Waals surface area contributed by atoms with E-state index in [0.29, 0.717) is 30.9 Å². The van der Waals surface area contributed by atoms with E-state index in [2.05, 4.69) is 0 Å². The summed E-state index contributed by atoms with van der Waals surface area (Å²) in [5, 5.41) is 8.75. The quantitative estimate of drug-likeness (QED) is 0.710. The maximum absolute atomic E-state index is 13.5. The number of ether oxygens (including phenoxy) is 1. The molecule has 0 aliphatic heterocycles. The molecule has 0 fully saturated rings. The minimum Gasteiger partial charge on any atom is -0.380 e. The van der Waals surface area contributed by atoms with Gasteiger partial charge in [0.15, 0.2) is 0 Å². The van der Waals surface area contributed by atoms with Gasteiger partial charge in [-0.3, -0.25) is 4.90 Å². The van der Waals surface area contributed by atoms with E-state index in [-0.39, 0.29) is 5.82 Å². The summed E-state index contributed by atoms with van der Waals surface area (Å²) in [6, 6.07) is 6.42. The molecule has 0 saturated heterocycles. The molecule has 0 aromatic heterocycles. The monoisotopic (exact) mass is 236 g/mol. The first-order chi connectivity index (χ1) is 8.17. The highest BCUT2D eigenvalue weighted by molar-refractivity contribution is 5.33. The number of hydrogen-bond donors (Lipinski definition) is 0. The van der Waals surface area contributed by atoms with Crippen LogP contribution in [0, 0.1) is 17.1 Å². The van der Waals surface area contributed by atoms with Gasteiger partial charge < -0.3 is 4.74 Å². The van der Waals surface area contributed by atoms with Crippen LogP contribution in [0.5, 0.6) is 0 Å². The van der Waals surface area contributed by atoms with E-state index in [1.807, 2.05) is 24.9 Å². The van der Waals surface area contributed by atoms with Crippen molar-refractivity contribution in [3.8, 4) is 6.07 Å². The highest BCUT2D eigenvalue weighted by Gasteiger charge is 2.06. The van der Waals surface area contributed by atoms with Crippen LogP contribution < -0.4 is 0 Å². The van der Waals surface area contributed by atoms with Crippen LogP contribution in [-0.2, 0) is 11.3 Å². The van der Waals surface area contributed by atoms with Crippen molar-refractivity contribution < 1.29 is 9.13 Å². The van der Waals surface area contributed by atoms with Gasteiger partial charge in [0.1, 0.15) is 5.82 Å². The smallest absolute Gasteiger partial charge is 0.127 e. The SMILES string of the molecule is CCOCCN(C)Cc1cc(C#N)ccc1F. The van der Waals surface area contributed by atoms with Crippen LogP contribution in [0.15, 0.2) is 18.2 Å². The number of nitrogens with zero attached hydrogens (tertiary/aromatic N) is 2. The second kappa shape index (κ2) is 7.00. The van der Waals surface area contributed by atoms with Crippen molar-refractivity contribution in [1.29, 1.82) is 5.26 Å². The summed E-state index contributed by atoms with van der Waals surface area (Å²) in [6.45, 7) is 4.48. The predicted octanol–water partition coefficient (Wildman–Crippen LogP) is 2.17. The molecule has 0 heterocycles. The number of halogens is 1. The molecule has 1 rings (SSSR count). The van der Waals surface area contributed by atoms with Gasteiger partial charge in [-0.25, -0.2) is 4.39 Å². The van der Waals surface area contributed by atoms with Crippen molar-refractivity contribution in [2.75, 3.05) is 26.8 Å². The van der Waals surface area contributed by atoms with Gasteiger partial charge in [0.2, 0.25) is 0 Å². The summed E-state index contributed by atoms with van der Waals surface area (Å²) in [5.74, 6) is -0.271. The van der Waals surface area contributed by atoms with Crippen LogP contribution in [0.1, 0.15) is 18.1 Å². The highest BCUT2D eigenvalue weighted by Crippen LogP contribution is 2.11. The molecule has 0 aliphatic rings. The Morgan fingerprint density at radius 1 is 1.47 bits per heavy atom. The average molecular weight is 236 g/mol. The lowest BCUT2D eigenvalue weighted by Crippen LogP contribution is -2.23. The number of benzene rings is 1. The van der Waals surface area contributed by atoms with E-state index in [9.17, 15) is 4.39 Å². The standard InChI is InChI=1S/C13H17FN2O/c1-3-17-7-6-16(2)10-12-8-11(9-15)4-5-13(12)14/h4-5,8H,3,6-7,10H2,1-2H3. The molecule has 17 heavy (non-hydrogen) atoms. The Morgan fingerprint density at radius 2 is 2.24 bits per heavy atom. The summed E-state index contributed by atoms with van der Waals surface area (Å²) in [6.07, 6.45) is 0. The molecule has 0 unspecified atom stereocenters. The molecule has 0 aliphatic carbocycles. The molecule has 0 amide bonds. The molecule has 1 aromatic carbocycles. The molecular weight excluding hydrogens is 219 g/mol. The van der Waals surface area contributed by atoms with E-state index in [4.69, 9.17) is 10.00 Å². The van der Waals surface area contributed by atoms with Gasteiger partial charge >= 0.3 is 0 Å². The summed E-state index contributed by atoms with van der Waals surface area (Å²) >= 11 is 0. The van der Waals surface area contributed by atoms with Crippen LogP contribution in [0.4, 0.5) is 4.39 Å². The van der Waals surface area contributed by atoms with Gasteiger partial charge in [-0.05, 0) is 32.2 Å². The van der Waals surface area contributed by atoms with Crippen molar-refractivity contribution in [2.24, 2.45) is 0 Å². The molecule has 3 nitrogen and oxygen atoms in total. The third kappa shape index (κ3) is 4.51. The van der Waals surface area contributed by atoms with E-state index in [1.54, 1.807) is 6.07 Å². The largest absolute Gasteiger partial charge is 0.380 e. The highest BCUT2D eigenvalue weighted by atomic mass is 19.1. The maximum Gasteiger partial charge on any atom is 0.127 e. The first-order valence-electron chi connectivity index (χ1n) is 5.62. The normalized spacial score (nSPS) is 10.5. The zero-order valence-corrected chi connectivity index (χ0v) is 10.2. The Balaban J connectivity index is 2.58. The van der Waals surface area contributed by atoms with Crippen molar-refractivity contribution >= 4 is 0 Å². The van der Waals surface area contributed by atoms with Crippen LogP contribution in [0.2, 0.25) is 0 Å². The van der Waals surface area contributed by atoms with E-state index in [1.165, 1.54) is 12.1 Å². The lowest BCUT2D eigenvalue weighted by molar-refractivity contribution is 0.120. The van der Waals surface area contributed by atoms with Gasteiger partial charge in [-0.1, -0.05) is 0 Å². The molecule has 1 aromatic rings. The summed E-state index contributed by atoms with van der Waals surface area (Å²) < 4.78 is 18.7. The van der Waals surface area contributed by atoms with Gasteiger partial charge in [0.05, 0.1) is 18.2 Å². The second-order valence-corrected chi connectivity index (χ2v) is 3.85. The third-order valence-corrected chi connectivity index (χ3v) is 2.44. The van der Waals surface area contributed by atoms with Gasteiger partial charge in [-0.2, -0.15) is 5.26 Å². The van der Waals surface area contributed by atoms with Crippen molar-refractivity contribution in [3.63, 3.8) is 0 Å². The first kappa shape index (κ1) is 13.6. The Kier molecular flexibility index (Phi) is 5.61. The molecule has 92 valence electrons. The number of likely N-dealkylation sites (N-methyl/N-ethyl adjacent to an activating group) is 1. The number of rotatable bonds is 6. The fourth-order valence-corrected chi connectivity index (χ4v) is 1.50. The lowest BCUT2D eigenvalue weighted by atomic mass is 10.1. The summed E-state index contributed by atoms with van der Waals surface area (Å²) in [4.78, 5) is 1.97. The summed E-state index contributed by atoms with van der Waals surface area (Å²) in [7, 11) is 1.90. The zero-order chi connectivity index (χ0) is 12.7. The zero-order valence-electron chi connectivity index (χ0n) is 10.2. The van der Waals surface area contributed by atoms with Crippen LogP contribution in [-0.4, -0.2) is 31.7 Å². The minimum absolute atomic E-state index is 0.271. The first-order valence-corrected chi connectivity index (χ1v) is 5.62. The maximum atomic E-state index is 13.5. The molecule has 0 N–H and O–H groups in total. The lowest BCUT2D eigenvalue weighted by Gasteiger charge is -2.16. The molecule has 0 saturated carbocycles. The second-order valence-electron chi connectivity index (χ2n) is 3.85. The Hall–Kier alpha value is -1.44. The third-order valence-electron chi connectivity index (χ3n) is 2.44. The van der Waals surface area contributed by atoms with Gasteiger partial charge in [0.25, 0.3) is 0 Å². The van der Waals surface area contributed by atoms with E-state index >= 15 is 0 Å². The Morgan fingerprint density at radius 3 is 2.88 bits per heavy atom. The molecule has 4 heteroatoms. The Bertz CT molecular complexity index is 401. The molecular formula is C13H17FN2O. The van der Waals surface area contributed by atoms with Crippen molar-refractivity contribution in [2.45, 2.75) is 13.5 Å². The van der Waals surface area contributed by atoms with Gasteiger partial charge in [0, 0.05) is 25.3 Å². The fraction of sp³-hybridized carbons (Fsp3) is 0.462. The van der Waals surface area contributed by atoms with E-state index in [0.717, 1.165) is 6.54 Å². The fourth-order valence-electron chi connectivity index (χ4n) is 1.50. The van der Waals surface area contributed by atoms with E-state index < -0.39 is 0 Å². The predicted molar refractivity (Wildman–Crippen MR) is 63.9 cm³/mol. The van der Waals surface area contributed by atoms with Crippen molar-refractivity contribution in [3.05, 3.63) is 35.1 Å². The molecule has 0 atom stereocenters. The topological polar surface area (TPSA) is 36.3 Å². The van der Waals surface area contributed by atoms with Crippen LogP contribution in [0.25, 0.3) is 0 Å². The molecule has 0 radical (unpaired) electrons. The Labute approximate surface area is 101 Å². The van der Waals surface area contributed by atoms with Gasteiger partial charge in [-0.15, -0.1) is 0 Å². The number of nitriles is 1. The van der Waals surface area contributed by atoms with Crippen molar-refractivity contribution in [1.82, 2.24) is 4.90 Å². The average Bonchev–Trinajstić information content (AvgIpc) is 2.32. The van der Waals surface area contributed by atoms with Crippen LogP contribution in [0.3, 0.4) is 0 Å². The minimum atomic E-state index is -0.271. The number of hydrogen-bond acceptors (Lipinski definition) is 3.